The van der Waals surface area contributed by atoms with Crippen LogP contribution in [0, 0.1) is 12.7 Å². The van der Waals surface area contributed by atoms with Gasteiger partial charge >= 0.3 is 0 Å². The monoisotopic (exact) mass is 220 g/mol. The van der Waals surface area contributed by atoms with Crippen LogP contribution in [0.4, 0.5) is 4.39 Å². The molecular formula is C13H10ClF. The van der Waals surface area contributed by atoms with Crippen molar-refractivity contribution < 1.29 is 4.39 Å². The fourth-order valence-electron chi connectivity index (χ4n) is 1.51. The first-order chi connectivity index (χ1) is 7.16. The predicted octanol–water partition coefficient (Wildman–Crippen LogP) is 4.45. The minimum Gasteiger partial charge on any atom is -0.207 e. The Balaban J connectivity index is 2.54. The lowest BCUT2D eigenvalue weighted by Crippen LogP contribution is -1.82. The van der Waals surface area contributed by atoms with Gasteiger partial charge in [0.2, 0.25) is 0 Å². The van der Waals surface area contributed by atoms with E-state index in [1.54, 1.807) is 6.07 Å². The Labute approximate surface area is 93.3 Å². The molecule has 0 bridgehead atoms. The standard InChI is InChI=1S/C13H10ClF/c1-9-5-6-12(13(14)7-9)10-3-2-4-11(15)8-10/h2-8H,1H3. The molecule has 0 amide bonds. The maximum atomic E-state index is 13.0. The molecule has 2 aromatic rings. The molecule has 0 radical (unpaired) electrons. The molecule has 0 atom stereocenters. The molecule has 0 unspecified atom stereocenters. The van der Waals surface area contributed by atoms with Crippen LogP contribution in [0.1, 0.15) is 5.56 Å². The van der Waals surface area contributed by atoms with Gasteiger partial charge in [-0.1, -0.05) is 35.9 Å². The van der Waals surface area contributed by atoms with E-state index in [1.165, 1.54) is 12.1 Å². The zero-order valence-electron chi connectivity index (χ0n) is 8.30. The van der Waals surface area contributed by atoms with Gasteiger partial charge in [-0.15, -0.1) is 0 Å². The average Bonchev–Trinajstić information content (AvgIpc) is 2.17. The van der Waals surface area contributed by atoms with Crippen molar-refractivity contribution in [3.63, 3.8) is 0 Å². The van der Waals surface area contributed by atoms with Gasteiger partial charge in [0.1, 0.15) is 5.82 Å². The van der Waals surface area contributed by atoms with E-state index in [2.05, 4.69) is 0 Å². The average molecular weight is 221 g/mol. The van der Waals surface area contributed by atoms with Gasteiger partial charge in [-0.2, -0.15) is 0 Å². The molecule has 0 aliphatic carbocycles. The number of aryl methyl sites for hydroxylation is 1. The van der Waals surface area contributed by atoms with Crippen LogP contribution in [0.5, 0.6) is 0 Å². The molecule has 0 fully saturated rings. The number of hydrogen-bond donors (Lipinski definition) is 0. The SMILES string of the molecule is Cc1ccc(-c2cccc(F)c2)c(Cl)c1. The van der Waals surface area contributed by atoms with Crippen LogP contribution in [-0.2, 0) is 0 Å². The van der Waals surface area contributed by atoms with Crippen LogP contribution >= 0.6 is 11.6 Å². The van der Waals surface area contributed by atoms with Gasteiger partial charge in [-0.25, -0.2) is 4.39 Å². The molecule has 0 saturated carbocycles. The number of rotatable bonds is 1. The van der Waals surface area contributed by atoms with Gasteiger partial charge < -0.3 is 0 Å². The first kappa shape index (κ1) is 10.2. The van der Waals surface area contributed by atoms with Crippen LogP contribution in [-0.4, -0.2) is 0 Å². The van der Waals surface area contributed by atoms with Gasteiger partial charge in [0.05, 0.1) is 0 Å². The van der Waals surface area contributed by atoms with Crippen molar-refractivity contribution in [1.82, 2.24) is 0 Å². The molecule has 2 rings (SSSR count). The molecule has 0 heterocycles. The fourth-order valence-corrected chi connectivity index (χ4v) is 1.85. The van der Waals surface area contributed by atoms with Crippen LogP contribution in [0.3, 0.4) is 0 Å². The summed E-state index contributed by atoms with van der Waals surface area (Å²) in [6.45, 7) is 1.97. The maximum absolute atomic E-state index is 13.0. The number of benzene rings is 2. The van der Waals surface area contributed by atoms with Gasteiger partial charge in [-0.05, 0) is 36.2 Å². The van der Waals surface area contributed by atoms with E-state index in [4.69, 9.17) is 11.6 Å². The van der Waals surface area contributed by atoms with Crippen molar-refractivity contribution in [2.75, 3.05) is 0 Å². The summed E-state index contributed by atoms with van der Waals surface area (Å²) >= 11 is 6.09. The first-order valence-corrected chi connectivity index (χ1v) is 5.07. The van der Waals surface area contributed by atoms with Gasteiger partial charge in [0, 0.05) is 10.6 Å². The molecule has 76 valence electrons. The van der Waals surface area contributed by atoms with E-state index in [9.17, 15) is 4.39 Å². The van der Waals surface area contributed by atoms with E-state index >= 15 is 0 Å². The van der Waals surface area contributed by atoms with Crippen molar-refractivity contribution in [3.05, 3.63) is 58.9 Å². The highest BCUT2D eigenvalue weighted by Gasteiger charge is 2.03. The molecule has 0 N–H and O–H groups in total. The Hall–Kier alpha value is -1.34. The topological polar surface area (TPSA) is 0 Å². The zero-order valence-corrected chi connectivity index (χ0v) is 9.05. The highest BCUT2D eigenvalue weighted by molar-refractivity contribution is 6.33. The second kappa shape index (κ2) is 4.03. The summed E-state index contributed by atoms with van der Waals surface area (Å²) in [6, 6.07) is 12.2. The normalized spacial score (nSPS) is 10.3. The molecule has 0 spiro atoms. The highest BCUT2D eigenvalue weighted by Crippen LogP contribution is 2.28. The van der Waals surface area contributed by atoms with Gasteiger partial charge in [0.15, 0.2) is 0 Å². The summed E-state index contributed by atoms with van der Waals surface area (Å²) in [4.78, 5) is 0. The molecule has 0 nitrogen and oxygen atoms in total. The van der Waals surface area contributed by atoms with Crippen LogP contribution in [0.15, 0.2) is 42.5 Å². The van der Waals surface area contributed by atoms with E-state index in [-0.39, 0.29) is 5.82 Å². The largest absolute Gasteiger partial charge is 0.207 e. The van der Waals surface area contributed by atoms with E-state index in [1.807, 2.05) is 31.2 Å². The fraction of sp³-hybridized carbons (Fsp3) is 0.0769. The van der Waals surface area contributed by atoms with Crippen molar-refractivity contribution in [3.8, 4) is 11.1 Å². The second-order valence-corrected chi connectivity index (χ2v) is 3.90. The summed E-state index contributed by atoms with van der Waals surface area (Å²) in [5.41, 5.74) is 2.77. The molecular weight excluding hydrogens is 211 g/mol. The lowest BCUT2D eigenvalue weighted by atomic mass is 10.0. The van der Waals surface area contributed by atoms with Crippen molar-refractivity contribution >= 4 is 11.6 Å². The van der Waals surface area contributed by atoms with E-state index in [0.29, 0.717) is 5.02 Å². The second-order valence-electron chi connectivity index (χ2n) is 3.49. The quantitative estimate of drug-likeness (QED) is 0.666. The van der Waals surface area contributed by atoms with Gasteiger partial charge in [0.25, 0.3) is 0 Å². The molecule has 0 aliphatic heterocycles. The Morgan fingerprint density at radius 1 is 1.07 bits per heavy atom. The summed E-state index contributed by atoms with van der Waals surface area (Å²) in [6.07, 6.45) is 0. The Morgan fingerprint density at radius 2 is 1.87 bits per heavy atom. The van der Waals surface area contributed by atoms with Crippen LogP contribution in [0.2, 0.25) is 5.02 Å². The van der Waals surface area contributed by atoms with Crippen LogP contribution in [0.25, 0.3) is 11.1 Å². The van der Waals surface area contributed by atoms with Crippen molar-refractivity contribution in [2.45, 2.75) is 6.92 Å². The smallest absolute Gasteiger partial charge is 0.123 e. The summed E-state index contributed by atoms with van der Waals surface area (Å²) in [5.74, 6) is -0.246. The predicted molar refractivity (Wildman–Crippen MR) is 61.6 cm³/mol. The van der Waals surface area contributed by atoms with Crippen molar-refractivity contribution in [2.24, 2.45) is 0 Å². The molecule has 2 heteroatoms. The highest BCUT2D eigenvalue weighted by atomic mass is 35.5. The third kappa shape index (κ3) is 2.18. The Bertz CT molecular complexity index is 492. The Kier molecular flexibility index (Phi) is 2.74. The minimum atomic E-state index is -0.246. The molecule has 0 aliphatic rings. The molecule has 15 heavy (non-hydrogen) atoms. The summed E-state index contributed by atoms with van der Waals surface area (Å²) < 4.78 is 13.0. The number of halogens is 2. The summed E-state index contributed by atoms with van der Waals surface area (Å²) in [5, 5.41) is 0.653. The number of hydrogen-bond acceptors (Lipinski definition) is 0. The summed E-state index contributed by atoms with van der Waals surface area (Å²) in [7, 11) is 0. The lowest BCUT2D eigenvalue weighted by molar-refractivity contribution is 0.628. The van der Waals surface area contributed by atoms with E-state index < -0.39 is 0 Å². The minimum absolute atomic E-state index is 0.246. The van der Waals surface area contributed by atoms with Gasteiger partial charge in [-0.3, -0.25) is 0 Å². The molecule has 0 aromatic heterocycles. The maximum Gasteiger partial charge on any atom is 0.123 e. The lowest BCUT2D eigenvalue weighted by Gasteiger charge is -2.05. The van der Waals surface area contributed by atoms with E-state index in [0.717, 1.165) is 16.7 Å². The molecule has 0 saturated heterocycles. The first-order valence-electron chi connectivity index (χ1n) is 4.69. The third-order valence-corrected chi connectivity index (χ3v) is 2.57. The molecule has 2 aromatic carbocycles. The third-order valence-electron chi connectivity index (χ3n) is 2.26. The zero-order chi connectivity index (χ0) is 10.8. The Morgan fingerprint density at radius 3 is 2.53 bits per heavy atom. The van der Waals surface area contributed by atoms with Crippen LogP contribution < -0.4 is 0 Å². The van der Waals surface area contributed by atoms with Crippen molar-refractivity contribution in [1.29, 1.82) is 0 Å².